The van der Waals surface area contributed by atoms with Crippen LogP contribution in [0.15, 0.2) is 42.6 Å². The number of piperazine rings is 1. The van der Waals surface area contributed by atoms with E-state index in [1.807, 2.05) is 31.2 Å². The van der Waals surface area contributed by atoms with E-state index in [4.69, 9.17) is 9.72 Å². The SMILES string of the molecule is Cc1cccc2cc(O)cc(-c3ncc4c(OCC56CCCN5CCC6)cc(N5CC6CCC(C5)N6)nc4c3F)c12. The second-order valence-corrected chi connectivity index (χ2v) is 12.6. The fourth-order valence-corrected chi connectivity index (χ4v) is 8.02. The number of benzene rings is 2. The van der Waals surface area contributed by atoms with Gasteiger partial charge in [0.25, 0.3) is 0 Å². The monoisotopic (exact) mass is 553 g/mol. The Morgan fingerprint density at radius 3 is 2.66 bits per heavy atom. The minimum Gasteiger partial charge on any atom is -0.508 e. The number of rotatable bonds is 5. The summed E-state index contributed by atoms with van der Waals surface area (Å²) < 4.78 is 23.3. The Hall–Kier alpha value is -3.49. The van der Waals surface area contributed by atoms with Gasteiger partial charge in [0.2, 0.25) is 0 Å². The molecule has 4 fully saturated rings. The van der Waals surface area contributed by atoms with Crippen LogP contribution in [0.5, 0.6) is 11.5 Å². The minimum absolute atomic E-state index is 0.0772. The zero-order valence-electron chi connectivity index (χ0n) is 23.5. The molecule has 2 N–H and O–H groups in total. The van der Waals surface area contributed by atoms with Crippen molar-refractivity contribution in [3.05, 3.63) is 54.0 Å². The van der Waals surface area contributed by atoms with Gasteiger partial charge in [0, 0.05) is 43.0 Å². The third kappa shape index (κ3) is 4.14. The van der Waals surface area contributed by atoms with E-state index in [-0.39, 0.29) is 22.5 Å². The second-order valence-electron chi connectivity index (χ2n) is 12.6. The molecule has 0 saturated carbocycles. The van der Waals surface area contributed by atoms with Crippen molar-refractivity contribution in [1.29, 1.82) is 0 Å². The molecular weight excluding hydrogens is 517 g/mol. The van der Waals surface area contributed by atoms with Gasteiger partial charge in [-0.05, 0) is 87.0 Å². The molecule has 4 aliphatic heterocycles. The Balaban J connectivity index is 1.27. The van der Waals surface area contributed by atoms with E-state index in [1.54, 1.807) is 18.3 Å². The number of aryl methyl sites for hydroxylation is 1. The Morgan fingerprint density at radius 2 is 1.88 bits per heavy atom. The number of hydrogen-bond donors (Lipinski definition) is 2. The second kappa shape index (κ2) is 9.53. The quantitative estimate of drug-likeness (QED) is 0.336. The zero-order valence-corrected chi connectivity index (χ0v) is 23.5. The third-order valence-electron chi connectivity index (χ3n) is 10.0. The van der Waals surface area contributed by atoms with Crippen LogP contribution in [0.25, 0.3) is 32.9 Å². The van der Waals surface area contributed by atoms with Crippen molar-refractivity contribution < 1.29 is 14.2 Å². The lowest BCUT2D eigenvalue weighted by atomic mass is 9.95. The molecule has 212 valence electrons. The summed E-state index contributed by atoms with van der Waals surface area (Å²) in [5.41, 5.74) is 2.11. The highest BCUT2D eigenvalue weighted by molar-refractivity contribution is 6.01. The predicted octanol–water partition coefficient (Wildman–Crippen LogP) is 5.55. The number of hydrogen-bond acceptors (Lipinski definition) is 7. The van der Waals surface area contributed by atoms with Gasteiger partial charge >= 0.3 is 0 Å². The molecule has 2 atom stereocenters. The maximum absolute atomic E-state index is 16.7. The summed E-state index contributed by atoms with van der Waals surface area (Å²) in [7, 11) is 0. The summed E-state index contributed by atoms with van der Waals surface area (Å²) in [4.78, 5) is 14.5. The summed E-state index contributed by atoms with van der Waals surface area (Å²) in [5, 5.41) is 16.5. The predicted molar refractivity (Wildman–Crippen MR) is 159 cm³/mol. The lowest BCUT2D eigenvalue weighted by Gasteiger charge is -2.34. The number of ether oxygens (including phenoxy) is 1. The van der Waals surface area contributed by atoms with E-state index < -0.39 is 5.82 Å². The number of nitrogens with one attached hydrogen (secondary N) is 1. The highest BCUT2D eigenvalue weighted by Crippen LogP contribution is 2.42. The number of aromatic hydroxyl groups is 1. The number of pyridine rings is 2. The van der Waals surface area contributed by atoms with Crippen LogP contribution in [0.1, 0.15) is 44.1 Å². The molecule has 0 aliphatic carbocycles. The Bertz CT molecular complexity index is 1650. The largest absolute Gasteiger partial charge is 0.508 e. The molecule has 8 rings (SSSR count). The van der Waals surface area contributed by atoms with Gasteiger partial charge in [-0.1, -0.05) is 18.2 Å². The van der Waals surface area contributed by atoms with Crippen LogP contribution in [0, 0.1) is 12.7 Å². The van der Waals surface area contributed by atoms with Crippen LogP contribution >= 0.6 is 0 Å². The number of phenolic OH excluding ortho intramolecular Hbond substituents is 1. The lowest BCUT2D eigenvalue weighted by Crippen LogP contribution is -2.51. The molecule has 6 heterocycles. The molecule has 7 nitrogen and oxygen atoms in total. The maximum Gasteiger partial charge on any atom is 0.175 e. The molecular formula is C33H36FN5O2. The van der Waals surface area contributed by atoms with Crippen molar-refractivity contribution in [3.63, 3.8) is 0 Å². The first kappa shape index (κ1) is 25.2. The van der Waals surface area contributed by atoms with Gasteiger partial charge in [-0.25, -0.2) is 9.37 Å². The summed E-state index contributed by atoms with van der Waals surface area (Å²) in [6.45, 7) is 6.55. The highest BCUT2D eigenvalue weighted by Gasteiger charge is 2.45. The Labute approximate surface area is 239 Å². The molecule has 8 heteroatoms. The molecule has 4 aliphatic rings. The third-order valence-corrected chi connectivity index (χ3v) is 10.0. The molecule has 0 amide bonds. The number of anilines is 1. The highest BCUT2D eigenvalue weighted by atomic mass is 19.1. The smallest absolute Gasteiger partial charge is 0.175 e. The van der Waals surface area contributed by atoms with Crippen LogP contribution < -0.4 is 15.0 Å². The van der Waals surface area contributed by atoms with E-state index in [0.29, 0.717) is 35.4 Å². The lowest BCUT2D eigenvalue weighted by molar-refractivity contribution is 0.114. The molecule has 2 aromatic carbocycles. The Kier molecular flexibility index (Phi) is 5.87. The molecule has 2 bridgehead atoms. The number of phenols is 1. The average molecular weight is 554 g/mol. The van der Waals surface area contributed by atoms with Crippen molar-refractivity contribution in [2.75, 3.05) is 37.7 Å². The Morgan fingerprint density at radius 1 is 1.10 bits per heavy atom. The molecule has 0 spiro atoms. The molecule has 2 aromatic heterocycles. The van der Waals surface area contributed by atoms with Crippen molar-refractivity contribution in [2.45, 2.75) is 63.1 Å². The number of fused-ring (bicyclic) bond motifs is 5. The summed E-state index contributed by atoms with van der Waals surface area (Å²) in [6.07, 6.45) is 8.70. The minimum atomic E-state index is -0.482. The summed E-state index contributed by atoms with van der Waals surface area (Å²) >= 11 is 0. The van der Waals surface area contributed by atoms with Gasteiger partial charge in [0.15, 0.2) is 5.82 Å². The van der Waals surface area contributed by atoms with Crippen LogP contribution in [0.2, 0.25) is 0 Å². The van der Waals surface area contributed by atoms with Crippen molar-refractivity contribution in [3.8, 4) is 22.8 Å². The first-order valence-corrected chi connectivity index (χ1v) is 15.1. The van der Waals surface area contributed by atoms with E-state index >= 15 is 4.39 Å². The topological polar surface area (TPSA) is 73.8 Å². The van der Waals surface area contributed by atoms with Gasteiger partial charge in [0.1, 0.15) is 35.1 Å². The van der Waals surface area contributed by atoms with E-state index in [9.17, 15) is 5.11 Å². The van der Waals surface area contributed by atoms with Gasteiger partial charge in [-0.2, -0.15) is 0 Å². The van der Waals surface area contributed by atoms with E-state index in [0.717, 1.165) is 74.0 Å². The van der Waals surface area contributed by atoms with Crippen molar-refractivity contribution in [2.24, 2.45) is 0 Å². The molecule has 41 heavy (non-hydrogen) atoms. The standard InChI is InChI=1S/C33H36FN5O2/c1-20-5-2-6-21-13-24(40)14-25(29(20)21)31-30(34)32-26(16-35-31)27(41-19-33-9-3-11-39(33)12-4-10-33)15-28(37-32)38-17-22-7-8-23(18-38)36-22/h2,5-6,13-16,22-23,36,40H,3-4,7-12,17-19H2,1H3. The van der Waals surface area contributed by atoms with Crippen molar-refractivity contribution in [1.82, 2.24) is 20.2 Å². The zero-order chi connectivity index (χ0) is 27.7. The van der Waals surface area contributed by atoms with Crippen LogP contribution in [0.4, 0.5) is 10.2 Å². The number of halogens is 1. The molecule has 4 saturated heterocycles. The van der Waals surface area contributed by atoms with Crippen LogP contribution in [-0.4, -0.2) is 70.4 Å². The average Bonchev–Trinajstić information content (AvgIpc) is 3.65. The van der Waals surface area contributed by atoms with Gasteiger partial charge in [0.05, 0.1) is 10.9 Å². The fourth-order valence-electron chi connectivity index (χ4n) is 8.02. The molecule has 0 radical (unpaired) electrons. The normalized spacial score (nSPS) is 23.5. The van der Waals surface area contributed by atoms with E-state index in [1.165, 1.54) is 12.8 Å². The van der Waals surface area contributed by atoms with Crippen LogP contribution in [0.3, 0.4) is 0 Å². The maximum atomic E-state index is 16.7. The molecule has 2 unspecified atom stereocenters. The fraction of sp³-hybridized carbons (Fsp3) is 0.455. The van der Waals surface area contributed by atoms with Crippen LogP contribution in [-0.2, 0) is 0 Å². The van der Waals surface area contributed by atoms with Crippen molar-refractivity contribution >= 4 is 27.5 Å². The van der Waals surface area contributed by atoms with E-state index in [2.05, 4.69) is 20.1 Å². The summed E-state index contributed by atoms with van der Waals surface area (Å²) in [5.74, 6) is 1.01. The molecule has 4 aromatic rings. The van der Waals surface area contributed by atoms with Gasteiger partial charge < -0.3 is 20.1 Å². The number of aromatic nitrogens is 2. The number of nitrogens with zero attached hydrogens (tertiary/aromatic N) is 4. The first-order chi connectivity index (χ1) is 20.0. The first-order valence-electron chi connectivity index (χ1n) is 15.1. The summed E-state index contributed by atoms with van der Waals surface area (Å²) in [6, 6.07) is 12.1. The van der Waals surface area contributed by atoms with Gasteiger partial charge in [-0.3, -0.25) is 9.88 Å². The van der Waals surface area contributed by atoms with Gasteiger partial charge in [-0.15, -0.1) is 0 Å².